The summed E-state index contributed by atoms with van der Waals surface area (Å²) < 4.78 is 2.78. The molecule has 0 saturated carbocycles. The van der Waals surface area contributed by atoms with Crippen LogP contribution in [0.3, 0.4) is 0 Å². The maximum atomic E-state index is 12.2. The minimum Gasteiger partial charge on any atom is -0.506 e. The van der Waals surface area contributed by atoms with Gasteiger partial charge in [-0.2, -0.15) is 5.10 Å². The van der Waals surface area contributed by atoms with E-state index in [9.17, 15) is 9.90 Å². The molecule has 2 rings (SSSR count). The number of amides is 1. The molecule has 0 aliphatic rings. The molecule has 0 bridgehead atoms. The van der Waals surface area contributed by atoms with Gasteiger partial charge in [-0.3, -0.25) is 4.79 Å². The predicted molar refractivity (Wildman–Crippen MR) is 105 cm³/mol. The molecule has 2 N–H and O–H groups in total. The van der Waals surface area contributed by atoms with E-state index in [0.717, 1.165) is 8.95 Å². The zero-order chi connectivity index (χ0) is 17.1. The number of phenolic OH excluding ortho intramolecular Hbond substituents is 1. The van der Waals surface area contributed by atoms with Crippen molar-refractivity contribution in [2.45, 2.75) is 6.92 Å². The van der Waals surface area contributed by atoms with Gasteiger partial charge < -0.3 is 5.11 Å². The molecule has 0 spiro atoms. The summed E-state index contributed by atoms with van der Waals surface area (Å²) in [5.41, 5.74) is 3.93. The van der Waals surface area contributed by atoms with Crippen LogP contribution in [0.15, 0.2) is 53.3 Å². The highest BCUT2D eigenvalue weighted by atomic mass is 79.9. The van der Waals surface area contributed by atoms with E-state index in [0.29, 0.717) is 25.8 Å². The number of phenols is 1. The van der Waals surface area contributed by atoms with Crippen molar-refractivity contribution in [1.29, 1.82) is 0 Å². The summed E-state index contributed by atoms with van der Waals surface area (Å²) in [4.78, 5) is 12.2. The van der Waals surface area contributed by atoms with E-state index < -0.39 is 0 Å². The Bertz CT molecular complexity index is 806. The first-order valence-electron chi connectivity index (χ1n) is 6.27. The third-order valence-corrected chi connectivity index (χ3v) is 5.16. The zero-order valence-electron chi connectivity index (χ0n) is 11.7. The van der Waals surface area contributed by atoms with Crippen LogP contribution < -0.4 is 5.43 Å². The first-order valence-corrected chi connectivity index (χ1v) is 9.45. The molecular weight excluding hydrogens is 560 g/mol. The summed E-state index contributed by atoms with van der Waals surface area (Å²) in [6.45, 7) is 1.70. The second-order valence-corrected chi connectivity index (χ2v) is 8.09. The smallest absolute Gasteiger partial charge is 0.272 e. The van der Waals surface area contributed by atoms with Gasteiger partial charge in [0.2, 0.25) is 0 Å². The molecule has 4 nitrogen and oxygen atoms in total. The van der Waals surface area contributed by atoms with Crippen molar-refractivity contribution in [3.8, 4) is 5.75 Å². The molecule has 0 saturated heterocycles. The van der Waals surface area contributed by atoms with Crippen LogP contribution in [-0.2, 0) is 0 Å². The summed E-state index contributed by atoms with van der Waals surface area (Å²) >= 11 is 13.3. The topological polar surface area (TPSA) is 61.7 Å². The highest BCUT2D eigenvalue weighted by Gasteiger charge is 2.13. The number of aromatic hydroxyl groups is 1. The Morgan fingerprint density at radius 3 is 2.35 bits per heavy atom. The lowest BCUT2D eigenvalue weighted by Crippen LogP contribution is -2.20. The molecule has 0 aromatic heterocycles. The van der Waals surface area contributed by atoms with E-state index in [-0.39, 0.29) is 11.7 Å². The van der Waals surface area contributed by atoms with Gasteiger partial charge >= 0.3 is 0 Å². The number of carbonyl (C=O) groups is 1. The third-order valence-electron chi connectivity index (χ3n) is 2.92. The number of hydrogen-bond acceptors (Lipinski definition) is 3. The zero-order valence-corrected chi connectivity index (χ0v) is 18.0. The molecule has 0 atom stereocenters. The van der Waals surface area contributed by atoms with Crippen molar-refractivity contribution in [3.63, 3.8) is 0 Å². The number of halogens is 4. The average molecular weight is 570 g/mol. The Morgan fingerprint density at radius 2 is 1.65 bits per heavy atom. The van der Waals surface area contributed by atoms with Crippen LogP contribution in [0, 0.1) is 0 Å². The number of rotatable bonds is 3. The normalized spacial score (nSPS) is 11.4. The highest BCUT2D eigenvalue weighted by molar-refractivity contribution is 9.11. The molecule has 2 aromatic rings. The summed E-state index contributed by atoms with van der Waals surface area (Å²) in [7, 11) is 0. The Hall–Kier alpha value is -0.700. The van der Waals surface area contributed by atoms with Crippen molar-refractivity contribution >= 4 is 75.3 Å². The van der Waals surface area contributed by atoms with Gasteiger partial charge in [0, 0.05) is 19.0 Å². The van der Waals surface area contributed by atoms with Gasteiger partial charge in [0.1, 0.15) is 5.75 Å². The van der Waals surface area contributed by atoms with E-state index in [2.05, 4.69) is 74.2 Å². The lowest BCUT2D eigenvalue weighted by atomic mass is 10.1. The first-order chi connectivity index (χ1) is 10.8. The van der Waals surface area contributed by atoms with Crippen LogP contribution >= 0.6 is 63.7 Å². The van der Waals surface area contributed by atoms with Gasteiger partial charge in [-0.15, -0.1) is 0 Å². The second kappa shape index (κ2) is 7.92. The molecule has 0 fully saturated rings. The fraction of sp³-hybridized carbons (Fsp3) is 0.0667. The molecule has 8 heteroatoms. The van der Waals surface area contributed by atoms with Crippen molar-refractivity contribution in [2.75, 3.05) is 0 Å². The van der Waals surface area contributed by atoms with Crippen LogP contribution in [0.2, 0.25) is 0 Å². The SMILES string of the molecule is C/C(=N\NC(=O)c1cc(Br)ccc1Br)c1cc(Br)cc(Br)c1O. The van der Waals surface area contributed by atoms with Crippen LogP contribution in [0.25, 0.3) is 0 Å². The molecule has 0 radical (unpaired) electrons. The molecule has 1 amide bonds. The quantitative estimate of drug-likeness (QED) is 0.374. The maximum Gasteiger partial charge on any atom is 0.272 e. The van der Waals surface area contributed by atoms with Crippen molar-refractivity contribution < 1.29 is 9.90 Å². The van der Waals surface area contributed by atoms with Gasteiger partial charge in [-0.1, -0.05) is 31.9 Å². The summed E-state index contributed by atoms with van der Waals surface area (Å²) in [5.74, 6) is -0.293. The van der Waals surface area contributed by atoms with Crippen molar-refractivity contribution in [2.24, 2.45) is 5.10 Å². The molecular formula is C15H10Br4N2O2. The summed E-state index contributed by atoms with van der Waals surface area (Å²) in [6.07, 6.45) is 0. The molecule has 0 unspecified atom stereocenters. The molecule has 120 valence electrons. The van der Waals surface area contributed by atoms with Crippen LogP contribution in [-0.4, -0.2) is 16.7 Å². The monoisotopic (exact) mass is 566 g/mol. The van der Waals surface area contributed by atoms with Crippen molar-refractivity contribution in [1.82, 2.24) is 5.43 Å². The average Bonchev–Trinajstić information content (AvgIpc) is 2.50. The van der Waals surface area contributed by atoms with E-state index in [4.69, 9.17) is 0 Å². The first kappa shape index (κ1) is 18.6. The number of hydrogen-bond donors (Lipinski definition) is 2. The van der Waals surface area contributed by atoms with Crippen LogP contribution in [0.4, 0.5) is 0 Å². The number of hydrazone groups is 1. The minimum absolute atomic E-state index is 0.0623. The maximum absolute atomic E-state index is 12.2. The van der Waals surface area contributed by atoms with Crippen LogP contribution in [0.5, 0.6) is 5.75 Å². The fourth-order valence-electron chi connectivity index (χ4n) is 1.77. The fourth-order valence-corrected chi connectivity index (χ4v) is 3.78. The van der Waals surface area contributed by atoms with Gasteiger partial charge in [0.15, 0.2) is 0 Å². The Morgan fingerprint density at radius 1 is 1.00 bits per heavy atom. The lowest BCUT2D eigenvalue weighted by Gasteiger charge is -2.08. The van der Waals surface area contributed by atoms with Gasteiger partial charge in [-0.05, 0) is 69.1 Å². The van der Waals surface area contributed by atoms with Crippen LogP contribution in [0.1, 0.15) is 22.8 Å². The van der Waals surface area contributed by atoms with Crippen molar-refractivity contribution in [3.05, 3.63) is 59.3 Å². The number of nitrogens with zero attached hydrogens (tertiary/aromatic N) is 1. The Labute approximate surface area is 166 Å². The number of carbonyl (C=O) groups excluding carboxylic acids is 1. The largest absolute Gasteiger partial charge is 0.506 e. The number of nitrogens with one attached hydrogen (secondary N) is 1. The van der Waals surface area contributed by atoms with E-state index >= 15 is 0 Å². The summed E-state index contributed by atoms with van der Waals surface area (Å²) in [6, 6.07) is 8.74. The minimum atomic E-state index is -0.355. The molecule has 0 aliphatic carbocycles. The Kier molecular flexibility index (Phi) is 6.41. The molecule has 2 aromatic carbocycles. The van der Waals surface area contributed by atoms with Gasteiger partial charge in [0.05, 0.1) is 15.7 Å². The Balaban J connectivity index is 2.26. The molecule has 0 heterocycles. The molecule has 23 heavy (non-hydrogen) atoms. The van der Waals surface area contributed by atoms with Gasteiger partial charge in [-0.25, -0.2) is 5.43 Å². The predicted octanol–water partition coefficient (Wildman–Crippen LogP) is 5.60. The molecule has 0 aliphatic heterocycles. The van der Waals surface area contributed by atoms with Gasteiger partial charge in [0.25, 0.3) is 5.91 Å². The standard InChI is InChI=1S/C15H10Br4N2O2/c1-7(10-5-9(17)6-13(19)14(10)22)20-21-15(23)11-4-8(16)2-3-12(11)18/h2-6,22H,1H3,(H,21,23)/b20-7+. The summed E-state index contributed by atoms with van der Waals surface area (Å²) in [5, 5.41) is 14.1. The lowest BCUT2D eigenvalue weighted by molar-refractivity contribution is 0.0954. The second-order valence-electron chi connectivity index (χ2n) is 4.55. The van der Waals surface area contributed by atoms with E-state index in [1.54, 1.807) is 31.2 Å². The number of benzene rings is 2. The van der Waals surface area contributed by atoms with E-state index in [1.807, 2.05) is 6.07 Å². The van der Waals surface area contributed by atoms with E-state index in [1.165, 1.54) is 0 Å². The highest BCUT2D eigenvalue weighted by Crippen LogP contribution is 2.32. The third kappa shape index (κ3) is 4.65.